The monoisotopic (exact) mass is 451 g/mol. The Kier molecular flexibility index (Phi) is 5.43. The SMILES string of the molecule is CN(Cc1cncc2cn[nH]c12)C(=O)c1cnc(-c2ccc(F)c(F)c2)c(OC2COC2)c1. The number of pyridine rings is 2. The lowest BCUT2D eigenvalue weighted by Gasteiger charge is -2.28. The normalized spacial score (nSPS) is 13.7. The van der Waals surface area contributed by atoms with Gasteiger partial charge in [-0.25, -0.2) is 8.78 Å². The molecule has 1 N–H and O–H groups in total. The third-order valence-corrected chi connectivity index (χ3v) is 5.38. The molecule has 3 aromatic heterocycles. The summed E-state index contributed by atoms with van der Waals surface area (Å²) in [5, 5.41) is 7.79. The van der Waals surface area contributed by atoms with Crippen LogP contribution in [-0.2, 0) is 11.3 Å². The number of nitrogens with one attached hydrogen (secondary N) is 1. The van der Waals surface area contributed by atoms with Gasteiger partial charge in [-0.3, -0.25) is 19.9 Å². The number of carbonyl (C=O) groups excluding carboxylic acids is 1. The Morgan fingerprint density at radius 3 is 2.79 bits per heavy atom. The first kappa shape index (κ1) is 21.0. The van der Waals surface area contributed by atoms with Crippen molar-refractivity contribution in [2.24, 2.45) is 0 Å². The number of benzene rings is 1. The molecule has 1 aromatic carbocycles. The summed E-state index contributed by atoms with van der Waals surface area (Å²) < 4.78 is 38.3. The number of fused-ring (bicyclic) bond motifs is 1. The summed E-state index contributed by atoms with van der Waals surface area (Å²) in [6.07, 6.45) is 6.23. The number of ether oxygens (including phenoxy) is 2. The van der Waals surface area contributed by atoms with Gasteiger partial charge in [0.2, 0.25) is 0 Å². The van der Waals surface area contributed by atoms with Crippen LogP contribution in [-0.4, -0.2) is 57.3 Å². The van der Waals surface area contributed by atoms with Crippen molar-refractivity contribution in [1.82, 2.24) is 25.1 Å². The predicted octanol–water partition coefficient (Wildman–Crippen LogP) is 3.35. The van der Waals surface area contributed by atoms with Crippen molar-refractivity contribution in [3.63, 3.8) is 0 Å². The van der Waals surface area contributed by atoms with Crippen LogP contribution in [0.25, 0.3) is 22.2 Å². The van der Waals surface area contributed by atoms with Crippen LogP contribution in [0.1, 0.15) is 15.9 Å². The fourth-order valence-corrected chi connectivity index (χ4v) is 3.56. The van der Waals surface area contributed by atoms with E-state index in [0.29, 0.717) is 42.3 Å². The van der Waals surface area contributed by atoms with Crippen molar-refractivity contribution in [2.75, 3.05) is 20.3 Å². The molecule has 1 amide bonds. The van der Waals surface area contributed by atoms with Gasteiger partial charge in [-0.2, -0.15) is 5.10 Å². The Morgan fingerprint density at radius 1 is 1.18 bits per heavy atom. The molecule has 4 aromatic rings. The number of aromatic amines is 1. The molecular weight excluding hydrogens is 432 g/mol. The Morgan fingerprint density at radius 2 is 2.03 bits per heavy atom. The Balaban J connectivity index is 1.44. The van der Waals surface area contributed by atoms with E-state index < -0.39 is 11.6 Å². The third-order valence-electron chi connectivity index (χ3n) is 5.38. The second-order valence-corrected chi connectivity index (χ2v) is 7.77. The van der Waals surface area contributed by atoms with E-state index in [1.165, 1.54) is 17.2 Å². The highest BCUT2D eigenvalue weighted by Gasteiger charge is 2.24. The van der Waals surface area contributed by atoms with Crippen LogP contribution in [0.15, 0.2) is 49.1 Å². The molecule has 0 saturated carbocycles. The standard InChI is InChI=1S/C23H19F2N5O3/c1-30(10-16-7-26-6-15-9-28-29-21(15)16)23(31)14-5-20(33-17-11-32-12-17)22(27-8-14)13-2-3-18(24)19(25)4-13/h2-9,17H,10-12H2,1H3,(H,28,29). The van der Waals surface area contributed by atoms with Crippen molar-refractivity contribution in [3.05, 3.63) is 71.8 Å². The molecule has 1 fully saturated rings. The number of aromatic nitrogens is 4. The fourth-order valence-electron chi connectivity index (χ4n) is 3.56. The average molecular weight is 451 g/mol. The maximum atomic E-state index is 13.8. The van der Waals surface area contributed by atoms with E-state index in [9.17, 15) is 13.6 Å². The topological polar surface area (TPSA) is 93.2 Å². The average Bonchev–Trinajstić information content (AvgIpc) is 3.27. The molecule has 168 valence electrons. The van der Waals surface area contributed by atoms with Crippen LogP contribution < -0.4 is 4.74 Å². The zero-order valence-corrected chi connectivity index (χ0v) is 17.6. The second kappa shape index (κ2) is 8.55. The van der Waals surface area contributed by atoms with Gasteiger partial charge in [0.25, 0.3) is 5.91 Å². The van der Waals surface area contributed by atoms with Crippen molar-refractivity contribution >= 4 is 16.8 Å². The van der Waals surface area contributed by atoms with Gasteiger partial charge in [0.15, 0.2) is 11.6 Å². The van der Waals surface area contributed by atoms with Gasteiger partial charge in [-0.05, 0) is 24.3 Å². The number of hydrogen-bond acceptors (Lipinski definition) is 6. The Labute approximate surface area is 187 Å². The van der Waals surface area contributed by atoms with Crippen molar-refractivity contribution < 1.29 is 23.0 Å². The smallest absolute Gasteiger partial charge is 0.255 e. The molecule has 4 heterocycles. The van der Waals surface area contributed by atoms with Crippen LogP contribution in [0.5, 0.6) is 5.75 Å². The highest BCUT2D eigenvalue weighted by atomic mass is 19.2. The van der Waals surface area contributed by atoms with Gasteiger partial charge in [-0.1, -0.05) is 0 Å². The van der Waals surface area contributed by atoms with Gasteiger partial charge in [0.05, 0.1) is 30.5 Å². The summed E-state index contributed by atoms with van der Waals surface area (Å²) >= 11 is 0. The van der Waals surface area contributed by atoms with Gasteiger partial charge < -0.3 is 14.4 Å². The fraction of sp³-hybridized carbons (Fsp3) is 0.217. The number of hydrogen-bond donors (Lipinski definition) is 1. The molecule has 5 rings (SSSR count). The molecule has 0 atom stereocenters. The maximum absolute atomic E-state index is 13.8. The minimum atomic E-state index is -0.992. The summed E-state index contributed by atoms with van der Waals surface area (Å²) in [7, 11) is 1.67. The first-order valence-corrected chi connectivity index (χ1v) is 10.2. The van der Waals surface area contributed by atoms with Gasteiger partial charge in [0.1, 0.15) is 17.5 Å². The van der Waals surface area contributed by atoms with Gasteiger partial charge in [0, 0.05) is 48.7 Å². The van der Waals surface area contributed by atoms with E-state index in [2.05, 4.69) is 20.2 Å². The van der Waals surface area contributed by atoms with Crippen molar-refractivity contribution in [2.45, 2.75) is 12.6 Å². The molecule has 0 aliphatic carbocycles. The van der Waals surface area contributed by atoms with Crippen LogP contribution >= 0.6 is 0 Å². The Hall–Kier alpha value is -3.92. The van der Waals surface area contributed by atoms with Crippen molar-refractivity contribution in [1.29, 1.82) is 0 Å². The van der Waals surface area contributed by atoms with E-state index in [4.69, 9.17) is 9.47 Å². The molecular formula is C23H19F2N5O3. The molecule has 0 unspecified atom stereocenters. The molecule has 33 heavy (non-hydrogen) atoms. The molecule has 0 spiro atoms. The summed E-state index contributed by atoms with van der Waals surface area (Å²) in [5.41, 5.74) is 2.57. The van der Waals surface area contributed by atoms with E-state index in [0.717, 1.165) is 28.6 Å². The highest BCUT2D eigenvalue weighted by molar-refractivity contribution is 5.95. The largest absolute Gasteiger partial charge is 0.483 e. The number of nitrogens with zero attached hydrogens (tertiary/aromatic N) is 4. The minimum Gasteiger partial charge on any atom is -0.483 e. The lowest BCUT2D eigenvalue weighted by molar-refractivity contribution is -0.0795. The quantitative estimate of drug-likeness (QED) is 0.483. The number of halogens is 2. The van der Waals surface area contributed by atoms with Crippen LogP contribution in [0.2, 0.25) is 0 Å². The summed E-state index contributed by atoms with van der Waals surface area (Å²) in [6, 6.07) is 5.05. The maximum Gasteiger partial charge on any atom is 0.255 e. The number of H-pyrrole nitrogens is 1. The lowest BCUT2D eigenvalue weighted by atomic mass is 10.1. The molecule has 8 nitrogen and oxygen atoms in total. The molecule has 0 radical (unpaired) electrons. The van der Waals surface area contributed by atoms with E-state index in [-0.39, 0.29) is 12.0 Å². The number of amides is 1. The summed E-state index contributed by atoms with van der Waals surface area (Å²) in [6.45, 7) is 1.09. The van der Waals surface area contributed by atoms with Gasteiger partial charge in [-0.15, -0.1) is 0 Å². The number of rotatable bonds is 6. The van der Waals surface area contributed by atoms with Crippen LogP contribution in [0.3, 0.4) is 0 Å². The minimum absolute atomic E-state index is 0.206. The van der Waals surface area contributed by atoms with Crippen LogP contribution in [0.4, 0.5) is 8.78 Å². The molecule has 1 saturated heterocycles. The van der Waals surface area contributed by atoms with E-state index in [1.807, 2.05) is 0 Å². The van der Waals surface area contributed by atoms with E-state index in [1.54, 1.807) is 31.7 Å². The molecule has 0 bridgehead atoms. The highest BCUT2D eigenvalue weighted by Crippen LogP contribution is 2.32. The van der Waals surface area contributed by atoms with Gasteiger partial charge >= 0.3 is 0 Å². The lowest BCUT2D eigenvalue weighted by Crippen LogP contribution is -2.38. The zero-order valence-electron chi connectivity index (χ0n) is 17.6. The number of carbonyl (C=O) groups is 1. The predicted molar refractivity (Wildman–Crippen MR) is 115 cm³/mol. The third kappa shape index (κ3) is 4.12. The summed E-state index contributed by atoms with van der Waals surface area (Å²) in [4.78, 5) is 23.2. The molecule has 1 aliphatic rings. The Bertz CT molecular complexity index is 1340. The first-order chi connectivity index (χ1) is 16.0. The molecule has 1 aliphatic heterocycles. The first-order valence-electron chi connectivity index (χ1n) is 10.2. The van der Waals surface area contributed by atoms with E-state index >= 15 is 0 Å². The second-order valence-electron chi connectivity index (χ2n) is 7.77. The summed E-state index contributed by atoms with van der Waals surface area (Å²) in [5.74, 6) is -1.94. The molecule has 10 heteroatoms. The van der Waals surface area contributed by atoms with Crippen LogP contribution in [0, 0.1) is 11.6 Å². The van der Waals surface area contributed by atoms with Crippen molar-refractivity contribution in [3.8, 4) is 17.0 Å². The zero-order chi connectivity index (χ0) is 22.9.